The number of thioether (sulfide) groups is 1. The maximum Gasteiger partial charge on any atom is 0.350 e. The number of carbonyl (C=O) groups is 1. The van der Waals surface area contributed by atoms with Crippen LogP contribution in [0.25, 0.3) is 0 Å². The number of thiophene rings is 1. The van der Waals surface area contributed by atoms with Crippen molar-refractivity contribution in [1.29, 1.82) is 0 Å². The van der Waals surface area contributed by atoms with Gasteiger partial charge in [-0.2, -0.15) is 0 Å². The fraction of sp³-hybridized carbons (Fsp3) is 0.214. The second-order valence-corrected chi connectivity index (χ2v) is 6.61. The Balaban J connectivity index is 1.58. The molecule has 0 spiro atoms. The molecule has 1 unspecified atom stereocenters. The van der Waals surface area contributed by atoms with Crippen molar-refractivity contribution in [2.45, 2.75) is 16.6 Å². The van der Waals surface area contributed by atoms with E-state index in [1.807, 2.05) is 12.1 Å². The molecule has 0 radical (unpaired) electrons. The van der Waals surface area contributed by atoms with Crippen molar-refractivity contribution in [3.63, 3.8) is 0 Å². The van der Waals surface area contributed by atoms with Gasteiger partial charge >= 0.3 is 5.97 Å². The first kappa shape index (κ1) is 12.6. The van der Waals surface area contributed by atoms with Gasteiger partial charge < -0.3 is 10.5 Å². The van der Waals surface area contributed by atoms with E-state index in [0.717, 1.165) is 6.42 Å². The Hall–Kier alpha value is -1.46. The number of carbonyl (C=O) groups excluding carboxylic acids is 1. The molecule has 0 amide bonds. The van der Waals surface area contributed by atoms with Crippen LogP contribution in [0.2, 0.25) is 0 Å². The van der Waals surface area contributed by atoms with E-state index >= 15 is 0 Å². The number of benzene rings is 1. The molecule has 5 heteroatoms. The van der Waals surface area contributed by atoms with Gasteiger partial charge in [-0.25, -0.2) is 4.79 Å². The maximum absolute atomic E-state index is 11.9. The molecule has 2 heterocycles. The summed E-state index contributed by atoms with van der Waals surface area (Å²) >= 11 is 3.10. The number of esters is 1. The summed E-state index contributed by atoms with van der Waals surface area (Å²) in [6.45, 7) is 0.426. The van der Waals surface area contributed by atoms with Crippen LogP contribution in [0.15, 0.2) is 40.6 Å². The highest BCUT2D eigenvalue weighted by Crippen LogP contribution is 2.36. The molecule has 1 aromatic heterocycles. The number of nitrogens with two attached hydrogens (primary N) is 1. The first-order valence-electron chi connectivity index (χ1n) is 5.98. The monoisotopic (exact) mass is 291 g/mol. The van der Waals surface area contributed by atoms with Gasteiger partial charge in [0.2, 0.25) is 0 Å². The van der Waals surface area contributed by atoms with Gasteiger partial charge in [0.05, 0.1) is 5.69 Å². The Bertz CT molecular complexity index is 584. The Morgan fingerprint density at radius 3 is 2.95 bits per heavy atom. The molecule has 19 heavy (non-hydrogen) atoms. The lowest BCUT2D eigenvalue weighted by molar-refractivity contribution is 0.0514. The van der Waals surface area contributed by atoms with Crippen LogP contribution in [0, 0.1) is 0 Å². The zero-order valence-corrected chi connectivity index (χ0v) is 11.8. The van der Waals surface area contributed by atoms with E-state index in [1.54, 1.807) is 23.2 Å². The van der Waals surface area contributed by atoms with E-state index in [4.69, 9.17) is 10.5 Å². The van der Waals surface area contributed by atoms with Crippen LogP contribution in [0.1, 0.15) is 15.2 Å². The first-order valence-corrected chi connectivity index (χ1v) is 7.74. The lowest BCUT2D eigenvalue weighted by Gasteiger charge is -2.09. The zero-order chi connectivity index (χ0) is 13.2. The molecule has 98 valence electrons. The van der Waals surface area contributed by atoms with Gasteiger partial charge in [-0.05, 0) is 29.5 Å². The van der Waals surface area contributed by atoms with Gasteiger partial charge in [0.1, 0.15) is 11.5 Å². The van der Waals surface area contributed by atoms with Crippen LogP contribution < -0.4 is 5.73 Å². The average Bonchev–Trinajstić information content (AvgIpc) is 3.01. The second kappa shape index (κ2) is 5.27. The molecular weight excluding hydrogens is 278 g/mol. The molecule has 3 nitrogen and oxygen atoms in total. The summed E-state index contributed by atoms with van der Waals surface area (Å²) in [6, 6.07) is 10.0. The summed E-state index contributed by atoms with van der Waals surface area (Å²) in [5.74, 6) is -0.316. The number of anilines is 1. The average molecular weight is 291 g/mol. The number of rotatable bonds is 3. The van der Waals surface area contributed by atoms with Gasteiger partial charge in [-0.3, -0.25) is 0 Å². The fourth-order valence-corrected chi connectivity index (χ4v) is 3.99. The van der Waals surface area contributed by atoms with E-state index in [2.05, 4.69) is 12.1 Å². The largest absolute Gasteiger partial charge is 0.460 e. The third-order valence-electron chi connectivity index (χ3n) is 3.00. The number of ether oxygens (including phenoxy) is 1. The van der Waals surface area contributed by atoms with E-state index in [-0.39, 0.29) is 5.97 Å². The van der Waals surface area contributed by atoms with Crippen LogP contribution >= 0.6 is 23.1 Å². The van der Waals surface area contributed by atoms with E-state index < -0.39 is 0 Å². The lowest BCUT2D eigenvalue weighted by Crippen LogP contribution is -2.15. The Morgan fingerprint density at radius 2 is 2.21 bits per heavy atom. The van der Waals surface area contributed by atoms with Crippen LogP contribution in [0.5, 0.6) is 0 Å². The Kier molecular flexibility index (Phi) is 3.48. The summed E-state index contributed by atoms with van der Waals surface area (Å²) in [4.78, 5) is 13.6. The number of nitrogen functional groups attached to an aromatic ring is 1. The van der Waals surface area contributed by atoms with Gasteiger partial charge in [-0.15, -0.1) is 23.1 Å². The van der Waals surface area contributed by atoms with Crippen molar-refractivity contribution in [3.05, 3.63) is 46.2 Å². The van der Waals surface area contributed by atoms with Crippen LogP contribution in [-0.2, 0) is 11.2 Å². The molecule has 1 aliphatic rings. The maximum atomic E-state index is 11.9. The zero-order valence-electron chi connectivity index (χ0n) is 10.2. The van der Waals surface area contributed by atoms with Crippen molar-refractivity contribution in [1.82, 2.24) is 0 Å². The summed E-state index contributed by atoms with van der Waals surface area (Å²) in [6.07, 6.45) is 0.952. The molecule has 1 atom stereocenters. The third-order valence-corrected chi connectivity index (χ3v) is 5.19. The van der Waals surface area contributed by atoms with E-state index in [1.165, 1.54) is 21.8 Å². The second-order valence-electron chi connectivity index (χ2n) is 4.36. The minimum Gasteiger partial charge on any atom is -0.460 e. The van der Waals surface area contributed by atoms with Gasteiger partial charge in [-0.1, -0.05) is 18.2 Å². The molecule has 3 rings (SSSR count). The summed E-state index contributed by atoms with van der Waals surface area (Å²) in [7, 11) is 0. The molecule has 1 aromatic carbocycles. The number of hydrogen-bond acceptors (Lipinski definition) is 5. The van der Waals surface area contributed by atoms with Crippen molar-refractivity contribution < 1.29 is 9.53 Å². The van der Waals surface area contributed by atoms with Crippen LogP contribution in [0.3, 0.4) is 0 Å². The minimum absolute atomic E-state index is 0.308. The minimum atomic E-state index is -0.316. The highest BCUT2D eigenvalue weighted by atomic mass is 32.2. The molecule has 2 aromatic rings. The predicted molar refractivity (Wildman–Crippen MR) is 78.8 cm³/mol. The molecule has 0 aliphatic carbocycles. The predicted octanol–water partition coefficient (Wildman–Crippen LogP) is 3.20. The first-order chi connectivity index (χ1) is 9.24. The molecule has 0 bridgehead atoms. The highest BCUT2D eigenvalue weighted by molar-refractivity contribution is 8.00. The summed E-state index contributed by atoms with van der Waals surface area (Å²) in [5.41, 5.74) is 7.53. The van der Waals surface area contributed by atoms with Crippen LogP contribution in [-0.4, -0.2) is 17.8 Å². The molecule has 0 fully saturated rings. The standard InChI is InChI=1S/C14H13NO2S2/c15-11-5-6-18-13(11)14(16)17-8-10-7-9-3-1-2-4-12(9)19-10/h1-6,10H,7-8,15H2. The van der Waals surface area contributed by atoms with Gasteiger partial charge in [0.25, 0.3) is 0 Å². The number of fused-ring (bicyclic) bond motifs is 1. The van der Waals surface area contributed by atoms with Gasteiger partial charge in [0.15, 0.2) is 0 Å². The SMILES string of the molecule is Nc1ccsc1C(=O)OCC1Cc2ccccc2S1. The number of hydrogen-bond donors (Lipinski definition) is 1. The topological polar surface area (TPSA) is 52.3 Å². The van der Waals surface area contributed by atoms with Gasteiger partial charge in [0, 0.05) is 10.1 Å². The van der Waals surface area contributed by atoms with Crippen molar-refractivity contribution >= 4 is 34.8 Å². The highest BCUT2D eigenvalue weighted by Gasteiger charge is 2.23. The van der Waals surface area contributed by atoms with E-state index in [9.17, 15) is 4.79 Å². The van der Waals surface area contributed by atoms with Crippen molar-refractivity contribution in [2.75, 3.05) is 12.3 Å². The fourth-order valence-electron chi connectivity index (χ4n) is 2.07. The molecule has 1 aliphatic heterocycles. The quantitative estimate of drug-likeness (QED) is 0.882. The molecule has 2 N–H and O–H groups in total. The smallest absolute Gasteiger partial charge is 0.350 e. The van der Waals surface area contributed by atoms with Crippen molar-refractivity contribution in [2.24, 2.45) is 0 Å². The summed E-state index contributed by atoms with van der Waals surface area (Å²) < 4.78 is 5.35. The van der Waals surface area contributed by atoms with Crippen molar-refractivity contribution in [3.8, 4) is 0 Å². The third kappa shape index (κ3) is 2.62. The molecular formula is C14H13NO2S2. The van der Waals surface area contributed by atoms with E-state index in [0.29, 0.717) is 22.4 Å². The molecule has 0 saturated carbocycles. The van der Waals surface area contributed by atoms with Crippen LogP contribution in [0.4, 0.5) is 5.69 Å². The normalized spacial score (nSPS) is 17.2. The Labute approximate surface area is 119 Å². The summed E-state index contributed by atoms with van der Waals surface area (Å²) in [5, 5.41) is 2.11. The lowest BCUT2D eigenvalue weighted by atomic mass is 10.1. The Morgan fingerprint density at radius 1 is 1.37 bits per heavy atom. The molecule has 0 saturated heterocycles.